The van der Waals surface area contributed by atoms with Crippen LogP contribution < -0.4 is 16.0 Å². The molecule has 8 heteroatoms. The Hall–Kier alpha value is -2.61. The van der Waals surface area contributed by atoms with Crippen molar-refractivity contribution in [1.29, 1.82) is 0 Å². The first-order chi connectivity index (χ1) is 13.9. The Morgan fingerprint density at radius 2 is 2.07 bits per heavy atom. The molecule has 0 radical (unpaired) electrons. The van der Waals surface area contributed by atoms with E-state index in [1.807, 2.05) is 6.92 Å². The molecule has 152 valence electrons. The fourth-order valence-corrected chi connectivity index (χ4v) is 4.75. The minimum absolute atomic E-state index is 0.252. The van der Waals surface area contributed by atoms with Gasteiger partial charge in [0.15, 0.2) is 5.17 Å². The van der Waals surface area contributed by atoms with Crippen LogP contribution in [0.5, 0.6) is 0 Å². The number of nitrogens with one attached hydrogen (secondary N) is 1. The highest BCUT2D eigenvalue weighted by Gasteiger charge is 2.32. The summed E-state index contributed by atoms with van der Waals surface area (Å²) in [4.78, 5) is 23.8. The van der Waals surface area contributed by atoms with Gasteiger partial charge in [-0.25, -0.2) is 9.37 Å². The molecule has 1 unspecified atom stereocenters. The number of aliphatic imine (C=N–C) groups is 1. The van der Waals surface area contributed by atoms with Gasteiger partial charge in [0.05, 0.1) is 5.54 Å². The van der Waals surface area contributed by atoms with E-state index in [4.69, 9.17) is 5.73 Å². The van der Waals surface area contributed by atoms with Gasteiger partial charge in [-0.15, -0.1) is 0 Å². The number of amides is 1. The Morgan fingerprint density at radius 1 is 1.28 bits per heavy atom. The van der Waals surface area contributed by atoms with Gasteiger partial charge in [0.1, 0.15) is 11.6 Å². The quantitative estimate of drug-likeness (QED) is 0.798. The standard InChI is InChI=1S/C21H24FN5OS/c1-21(7-11-29-20(23)26-21)16-13-15(4-5-17(16)22)25-19(28)14-6-8-24-18(12-14)27-9-2-3-10-27/h4-6,8,12-13H,2-3,7,9-11H2,1H3,(H2,23,26)(H,25,28). The number of halogens is 1. The van der Waals surface area contributed by atoms with Crippen LogP contribution in [0, 0.1) is 5.82 Å². The molecule has 0 saturated carbocycles. The SMILES string of the molecule is CC1(c2cc(NC(=O)c3ccnc(N4CCCC4)c3)ccc2F)CCSC(N)=N1. The van der Waals surface area contributed by atoms with Crippen LogP contribution in [0.15, 0.2) is 41.5 Å². The Morgan fingerprint density at radius 3 is 2.83 bits per heavy atom. The number of rotatable bonds is 4. The number of carbonyl (C=O) groups is 1. The van der Waals surface area contributed by atoms with Crippen molar-refractivity contribution < 1.29 is 9.18 Å². The van der Waals surface area contributed by atoms with E-state index in [1.165, 1.54) is 17.8 Å². The van der Waals surface area contributed by atoms with Gasteiger partial charge in [-0.1, -0.05) is 11.8 Å². The maximum absolute atomic E-state index is 14.6. The molecule has 1 atom stereocenters. The number of aromatic nitrogens is 1. The summed E-state index contributed by atoms with van der Waals surface area (Å²) in [6, 6.07) is 8.07. The molecule has 2 aliphatic heterocycles. The first kappa shape index (κ1) is 19.7. The molecule has 3 N–H and O–H groups in total. The van der Waals surface area contributed by atoms with E-state index in [0.29, 0.717) is 28.4 Å². The molecule has 4 rings (SSSR count). The van der Waals surface area contributed by atoms with Gasteiger partial charge in [0.25, 0.3) is 5.91 Å². The van der Waals surface area contributed by atoms with E-state index in [9.17, 15) is 9.18 Å². The molecule has 6 nitrogen and oxygen atoms in total. The fraction of sp³-hybridized carbons (Fsp3) is 0.381. The molecule has 2 aromatic rings. The van der Waals surface area contributed by atoms with E-state index in [1.54, 1.807) is 30.5 Å². The first-order valence-corrected chi connectivity index (χ1v) is 10.7. The molecular formula is C21H24FN5OS. The number of hydrogen-bond donors (Lipinski definition) is 2. The first-order valence-electron chi connectivity index (χ1n) is 9.75. The lowest BCUT2D eigenvalue weighted by Crippen LogP contribution is -2.29. The second-order valence-corrected chi connectivity index (χ2v) is 8.68. The largest absolute Gasteiger partial charge is 0.379 e. The normalized spacial score (nSPS) is 21.7. The van der Waals surface area contributed by atoms with Crippen LogP contribution in [0.1, 0.15) is 42.1 Å². The van der Waals surface area contributed by atoms with Crippen LogP contribution in [0.25, 0.3) is 0 Å². The maximum atomic E-state index is 14.6. The molecule has 0 bridgehead atoms. The number of nitrogens with zero attached hydrogens (tertiary/aromatic N) is 3. The molecule has 0 aliphatic carbocycles. The third-order valence-electron chi connectivity index (χ3n) is 5.44. The second-order valence-electron chi connectivity index (χ2n) is 7.57. The Kier molecular flexibility index (Phi) is 5.45. The summed E-state index contributed by atoms with van der Waals surface area (Å²) in [6.45, 7) is 3.79. The third kappa shape index (κ3) is 4.22. The van der Waals surface area contributed by atoms with Gasteiger partial charge in [-0.05, 0) is 56.5 Å². The van der Waals surface area contributed by atoms with Crippen molar-refractivity contribution >= 4 is 34.3 Å². The number of hydrogen-bond acceptors (Lipinski definition) is 6. The number of carbonyl (C=O) groups excluding carboxylic acids is 1. The van der Waals surface area contributed by atoms with E-state index >= 15 is 0 Å². The summed E-state index contributed by atoms with van der Waals surface area (Å²) < 4.78 is 14.6. The summed E-state index contributed by atoms with van der Waals surface area (Å²) in [5.41, 5.74) is 6.62. The van der Waals surface area contributed by atoms with Crippen LogP contribution in [0.3, 0.4) is 0 Å². The van der Waals surface area contributed by atoms with Crippen molar-refractivity contribution in [2.24, 2.45) is 10.7 Å². The van der Waals surface area contributed by atoms with Crippen molar-refractivity contribution in [2.75, 3.05) is 29.1 Å². The highest BCUT2D eigenvalue weighted by molar-refractivity contribution is 8.13. The Labute approximate surface area is 173 Å². The zero-order valence-corrected chi connectivity index (χ0v) is 17.1. The number of nitrogens with two attached hydrogens (primary N) is 1. The minimum Gasteiger partial charge on any atom is -0.379 e. The van der Waals surface area contributed by atoms with E-state index in [0.717, 1.165) is 37.5 Å². The summed E-state index contributed by atoms with van der Waals surface area (Å²) in [5, 5.41) is 3.33. The lowest BCUT2D eigenvalue weighted by atomic mass is 9.89. The molecule has 2 aliphatic rings. The Balaban J connectivity index is 1.56. The topological polar surface area (TPSA) is 83.6 Å². The molecule has 29 heavy (non-hydrogen) atoms. The van der Waals surface area contributed by atoms with E-state index in [2.05, 4.69) is 20.2 Å². The zero-order chi connectivity index (χ0) is 20.4. The smallest absolute Gasteiger partial charge is 0.255 e. The highest BCUT2D eigenvalue weighted by Crippen LogP contribution is 2.37. The zero-order valence-electron chi connectivity index (χ0n) is 16.3. The number of anilines is 2. The summed E-state index contributed by atoms with van der Waals surface area (Å²) >= 11 is 1.47. The molecule has 1 aromatic heterocycles. The van der Waals surface area contributed by atoms with Crippen molar-refractivity contribution in [3.63, 3.8) is 0 Å². The number of thioether (sulfide) groups is 1. The number of amidine groups is 1. The van der Waals surface area contributed by atoms with Gasteiger partial charge >= 0.3 is 0 Å². The lowest BCUT2D eigenvalue weighted by Gasteiger charge is -2.30. The monoisotopic (exact) mass is 413 g/mol. The average molecular weight is 414 g/mol. The summed E-state index contributed by atoms with van der Waals surface area (Å²) in [5.74, 6) is 0.983. The van der Waals surface area contributed by atoms with Crippen molar-refractivity contribution in [1.82, 2.24) is 4.98 Å². The molecule has 0 spiro atoms. The summed E-state index contributed by atoms with van der Waals surface area (Å²) in [6.07, 6.45) is 4.61. The van der Waals surface area contributed by atoms with Crippen LogP contribution in [-0.4, -0.2) is 34.9 Å². The van der Waals surface area contributed by atoms with E-state index < -0.39 is 5.54 Å². The van der Waals surface area contributed by atoms with Crippen molar-refractivity contribution in [2.45, 2.75) is 31.7 Å². The number of benzene rings is 1. The predicted octanol–water partition coefficient (Wildman–Crippen LogP) is 3.74. The number of pyridine rings is 1. The van der Waals surface area contributed by atoms with Gasteiger partial charge in [-0.2, -0.15) is 0 Å². The molecule has 1 amide bonds. The van der Waals surface area contributed by atoms with Crippen LogP contribution in [0.4, 0.5) is 15.9 Å². The molecular weight excluding hydrogens is 389 g/mol. The van der Waals surface area contributed by atoms with Crippen molar-refractivity contribution in [3.8, 4) is 0 Å². The average Bonchev–Trinajstić information content (AvgIpc) is 3.24. The molecule has 1 aromatic carbocycles. The van der Waals surface area contributed by atoms with Gasteiger partial charge in [-0.3, -0.25) is 9.79 Å². The molecule has 1 saturated heterocycles. The summed E-state index contributed by atoms with van der Waals surface area (Å²) in [7, 11) is 0. The maximum Gasteiger partial charge on any atom is 0.255 e. The van der Waals surface area contributed by atoms with Gasteiger partial charge in [0, 0.05) is 41.9 Å². The Bertz CT molecular complexity index is 960. The van der Waals surface area contributed by atoms with Crippen molar-refractivity contribution in [3.05, 3.63) is 53.5 Å². The van der Waals surface area contributed by atoms with Crippen LogP contribution in [0.2, 0.25) is 0 Å². The van der Waals surface area contributed by atoms with Crippen LogP contribution >= 0.6 is 11.8 Å². The fourth-order valence-electron chi connectivity index (χ4n) is 3.78. The molecule has 1 fully saturated rings. The lowest BCUT2D eigenvalue weighted by molar-refractivity contribution is 0.102. The molecule has 3 heterocycles. The second kappa shape index (κ2) is 8.02. The predicted molar refractivity (Wildman–Crippen MR) is 116 cm³/mol. The minimum atomic E-state index is -0.736. The van der Waals surface area contributed by atoms with Gasteiger partial charge in [0.2, 0.25) is 0 Å². The van der Waals surface area contributed by atoms with Crippen LogP contribution in [-0.2, 0) is 5.54 Å². The third-order valence-corrected chi connectivity index (χ3v) is 6.23. The highest BCUT2D eigenvalue weighted by atomic mass is 32.2. The van der Waals surface area contributed by atoms with E-state index in [-0.39, 0.29) is 11.7 Å². The van der Waals surface area contributed by atoms with Gasteiger partial charge < -0.3 is 16.0 Å².